The Hall–Kier alpha value is -2.46. The average Bonchev–Trinajstić information content (AvgIpc) is 2.92. The van der Waals surface area contributed by atoms with Crippen molar-refractivity contribution in [1.29, 1.82) is 0 Å². The second-order valence-corrected chi connectivity index (χ2v) is 6.48. The molecule has 0 saturated carbocycles. The highest BCUT2D eigenvalue weighted by molar-refractivity contribution is 8.14. The van der Waals surface area contributed by atoms with Gasteiger partial charge in [-0.3, -0.25) is 19.3 Å². The molecule has 1 heterocycles. The zero-order valence-electron chi connectivity index (χ0n) is 13.9. The van der Waals surface area contributed by atoms with E-state index in [2.05, 4.69) is 10.6 Å². The van der Waals surface area contributed by atoms with Gasteiger partial charge in [-0.2, -0.15) is 0 Å². The number of ether oxygens (including phenoxy) is 1. The van der Waals surface area contributed by atoms with Gasteiger partial charge in [0.2, 0.25) is 11.8 Å². The molecule has 1 aliphatic rings. The van der Waals surface area contributed by atoms with E-state index in [9.17, 15) is 19.2 Å². The van der Waals surface area contributed by atoms with Crippen LogP contribution in [-0.2, 0) is 14.3 Å². The summed E-state index contributed by atoms with van der Waals surface area (Å²) >= 11 is 5.97. The van der Waals surface area contributed by atoms with E-state index in [1.165, 1.54) is 0 Å². The number of hydrogen-bond donors (Lipinski definition) is 2. The fraction of sp³-hybridized carbons (Fsp3) is 0.312. The van der Waals surface area contributed by atoms with Crippen LogP contribution < -0.4 is 10.6 Å². The van der Waals surface area contributed by atoms with Crippen LogP contribution in [0, 0.1) is 0 Å². The standard InChI is InChI=1S/C16H17N3O5S2/c1-2-24-14(22)10-3-5-11(6-4-10)17-15(25)18-12(20)7-8-19-13(21)9-26-16(19)23/h3-6H,2,7-9H2,1H3,(H2,17,18,20,25). The Morgan fingerprint density at radius 2 is 1.96 bits per heavy atom. The van der Waals surface area contributed by atoms with E-state index in [0.29, 0.717) is 17.9 Å². The summed E-state index contributed by atoms with van der Waals surface area (Å²) in [6.07, 6.45) is -0.0400. The summed E-state index contributed by atoms with van der Waals surface area (Å²) in [5.41, 5.74) is 0.995. The minimum Gasteiger partial charge on any atom is -0.462 e. The summed E-state index contributed by atoms with van der Waals surface area (Å²) in [6, 6.07) is 6.41. The first-order valence-electron chi connectivity index (χ1n) is 7.76. The van der Waals surface area contributed by atoms with Gasteiger partial charge in [-0.1, -0.05) is 11.8 Å². The van der Waals surface area contributed by atoms with Gasteiger partial charge in [0.15, 0.2) is 5.11 Å². The molecule has 0 aromatic heterocycles. The zero-order valence-corrected chi connectivity index (χ0v) is 15.6. The van der Waals surface area contributed by atoms with Gasteiger partial charge < -0.3 is 15.4 Å². The predicted octanol–water partition coefficient (Wildman–Crippen LogP) is 1.76. The van der Waals surface area contributed by atoms with E-state index < -0.39 is 11.9 Å². The average molecular weight is 395 g/mol. The molecule has 0 radical (unpaired) electrons. The third-order valence-corrected chi connectivity index (χ3v) is 4.37. The van der Waals surface area contributed by atoms with Crippen molar-refractivity contribution in [3.05, 3.63) is 29.8 Å². The molecule has 26 heavy (non-hydrogen) atoms. The number of carbonyl (C=O) groups is 4. The second kappa shape index (κ2) is 9.30. The smallest absolute Gasteiger partial charge is 0.338 e. The van der Waals surface area contributed by atoms with E-state index in [4.69, 9.17) is 17.0 Å². The van der Waals surface area contributed by atoms with Gasteiger partial charge in [-0.05, 0) is 43.4 Å². The maximum absolute atomic E-state index is 11.9. The number of esters is 1. The maximum atomic E-state index is 11.9. The topological polar surface area (TPSA) is 105 Å². The van der Waals surface area contributed by atoms with Gasteiger partial charge in [-0.15, -0.1) is 0 Å². The summed E-state index contributed by atoms with van der Waals surface area (Å²) in [7, 11) is 0. The Morgan fingerprint density at radius 3 is 2.54 bits per heavy atom. The molecule has 8 nitrogen and oxygen atoms in total. The van der Waals surface area contributed by atoms with Crippen molar-refractivity contribution < 1.29 is 23.9 Å². The number of amides is 3. The first kappa shape index (κ1) is 19.9. The Morgan fingerprint density at radius 1 is 1.27 bits per heavy atom. The van der Waals surface area contributed by atoms with Crippen LogP contribution in [-0.4, -0.2) is 51.9 Å². The molecule has 138 valence electrons. The first-order chi connectivity index (χ1) is 12.4. The summed E-state index contributed by atoms with van der Waals surface area (Å²) in [6.45, 7) is 2.04. The molecule has 1 aromatic rings. The summed E-state index contributed by atoms with van der Waals surface area (Å²) < 4.78 is 4.89. The number of nitrogens with zero attached hydrogens (tertiary/aromatic N) is 1. The van der Waals surface area contributed by atoms with Crippen LogP contribution in [0.1, 0.15) is 23.7 Å². The van der Waals surface area contributed by atoms with Crippen molar-refractivity contribution in [2.45, 2.75) is 13.3 Å². The largest absolute Gasteiger partial charge is 0.462 e. The Bertz CT molecular complexity index is 720. The van der Waals surface area contributed by atoms with Gasteiger partial charge in [0.25, 0.3) is 5.24 Å². The molecule has 1 aliphatic heterocycles. The monoisotopic (exact) mass is 395 g/mol. The first-order valence-corrected chi connectivity index (χ1v) is 9.15. The van der Waals surface area contributed by atoms with Gasteiger partial charge in [0.05, 0.1) is 17.9 Å². The van der Waals surface area contributed by atoms with Crippen LogP contribution in [0.2, 0.25) is 0 Å². The normalized spacial score (nSPS) is 13.5. The third-order valence-electron chi connectivity index (χ3n) is 3.31. The van der Waals surface area contributed by atoms with Crippen LogP contribution in [0.4, 0.5) is 10.5 Å². The number of imide groups is 1. The van der Waals surface area contributed by atoms with Crippen molar-refractivity contribution in [3.63, 3.8) is 0 Å². The lowest BCUT2D eigenvalue weighted by Gasteiger charge is -2.13. The summed E-state index contributed by atoms with van der Waals surface area (Å²) in [4.78, 5) is 47.4. The van der Waals surface area contributed by atoms with Crippen LogP contribution in [0.25, 0.3) is 0 Å². The molecular weight excluding hydrogens is 378 g/mol. The van der Waals surface area contributed by atoms with E-state index in [1.807, 2.05) is 0 Å². The minimum atomic E-state index is -0.418. The fourth-order valence-electron chi connectivity index (χ4n) is 2.07. The molecule has 1 saturated heterocycles. The molecule has 10 heteroatoms. The van der Waals surface area contributed by atoms with E-state index >= 15 is 0 Å². The van der Waals surface area contributed by atoms with E-state index in [-0.39, 0.29) is 35.0 Å². The van der Waals surface area contributed by atoms with Crippen molar-refractivity contribution in [3.8, 4) is 0 Å². The molecular formula is C16H17N3O5S2. The van der Waals surface area contributed by atoms with Crippen molar-refractivity contribution in [2.75, 3.05) is 24.2 Å². The molecule has 0 unspecified atom stereocenters. The lowest BCUT2D eigenvalue weighted by molar-refractivity contribution is -0.125. The van der Waals surface area contributed by atoms with E-state index in [1.54, 1.807) is 31.2 Å². The van der Waals surface area contributed by atoms with E-state index in [0.717, 1.165) is 16.7 Å². The Balaban J connectivity index is 1.78. The maximum Gasteiger partial charge on any atom is 0.338 e. The molecule has 1 fully saturated rings. The second-order valence-electron chi connectivity index (χ2n) is 5.15. The molecule has 0 atom stereocenters. The number of nitrogens with one attached hydrogen (secondary N) is 2. The SMILES string of the molecule is CCOC(=O)c1ccc(NC(=S)NC(=O)CCN2C(=O)CSC2=O)cc1. The van der Waals surface area contributed by atoms with Crippen LogP contribution >= 0.6 is 24.0 Å². The molecule has 2 N–H and O–H groups in total. The number of rotatable bonds is 6. The highest BCUT2D eigenvalue weighted by Gasteiger charge is 2.29. The van der Waals surface area contributed by atoms with Gasteiger partial charge in [0.1, 0.15) is 0 Å². The molecule has 0 spiro atoms. The van der Waals surface area contributed by atoms with Gasteiger partial charge >= 0.3 is 5.97 Å². The minimum absolute atomic E-state index is 0.0212. The lowest BCUT2D eigenvalue weighted by Crippen LogP contribution is -2.37. The predicted molar refractivity (Wildman–Crippen MR) is 101 cm³/mol. The number of hydrogen-bond acceptors (Lipinski definition) is 7. The molecule has 3 amide bonds. The highest BCUT2D eigenvalue weighted by atomic mass is 32.2. The Kier molecular flexibility index (Phi) is 7.10. The molecule has 0 bridgehead atoms. The number of thiocarbonyl (C=S) groups is 1. The number of thioether (sulfide) groups is 1. The fourth-order valence-corrected chi connectivity index (χ4v) is 3.05. The number of anilines is 1. The van der Waals surface area contributed by atoms with Crippen LogP contribution in [0.3, 0.4) is 0 Å². The lowest BCUT2D eigenvalue weighted by atomic mass is 10.2. The molecule has 0 aliphatic carbocycles. The Labute approximate surface area is 159 Å². The summed E-state index contributed by atoms with van der Waals surface area (Å²) in [5.74, 6) is -1.01. The molecule has 2 rings (SSSR count). The number of carbonyl (C=O) groups excluding carboxylic acids is 4. The molecule has 1 aromatic carbocycles. The quantitative estimate of drug-likeness (QED) is 0.555. The van der Waals surface area contributed by atoms with Crippen LogP contribution in [0.15, 0.2) is 24.3 Å². The highest BCUT2D eigenvalue weighted by Crippen LogP contribution is 2.18. The van der Waals surface area contributed by atoms with Gasteiger partial charge in [0, 0.05) is 18.7 Å². The summed E-state index contributed by atoms with van der Waals surface area (Å²) in [5, 5.41) is 5.02. The third kappa shape index (κ3) is 5.53. The number of benzene rings is 1. The van der Waals surface area contributed by atoms with Crippen molar-refractivity contribution >= 4 is 57.8 Å². The van der Waals surface area contributed by atoms with Crippen LogP contribution in [0.5, 0.6) is 0 Å². The van der Waals surface area contributed by atoms with Crippen molar-refractivity contribution in [2.24, 2.45) is 0 Å². The van der Waals surface area contributed by atoms with Gasteiger partial charge in [-0.25, -0.2) is 4.79 Å². The van der Waals surface area contributed by atoms with Crippen molar-refractivity contribution in [1.82, 2.24) is 10.2 Å². The zero-order chi connectivity index (χ0) is 19.1.